The van der Waals surface area contributed by atoms with Crippen LogP contribution >= 0.6 is 23.8 Å². The largest absolute Gasteiger partial charge is 0.497 e. The Hall–Kier alpha value is -1.78. The van der Waals surface area contributed by atoms with Crippen molar-refractivity contribution in [2.75, 3.05) is 12.4 Å². The van der Waals surface area contributed by atoms with E-state index in [1.807, 2.05) is 48.5 Å². The molecule has 3 nitrogen and oxygen atoms in total. The minimum Gasteiger partial charge on any atom is -0.497 e. The summed E-state index contributed by atoms with van der Waals surface area (Å²) in [6.45, 7) is 2.11. The molecule has 0 aliphatic rings. The summed E-state index contributed by atoms with van der Waals surface area (Å²) in [5.41, 5.74) is 1.96. The fourth-order valence-corrected chi connectivity index (χ4v) is 2.57. The van der Waals surface area contributed by atoms with E-state index < -0.39 is 0 Å². The maximum atomic E-state index is 6.13. The van der Waals surface area contributed by atoms with Crippen LogP contribution in [0.25, 0.3) is 0 Å². The van der Waals surface area contributed by atoms with Gasteiger partial charge in [-0.15, -0.1) is 0 Å². The van der Waals surface area contributed by atoms with Gasteiger partial charge in [0.25, 0.3) is 0 Å². The summed E-state index contributed by atoms with van der Waals surface area (Å²) >= 11 is 11.5. The molecule has 5 heteroatoms. The van der Waals surface area contributed by atoms with Crippen LogP contribution in [0.15, 0.2) is 48.5 Å². The Kier molecular flexibility index (Phi) is 6.04. The van der Waals surface area contributed by atoms with Crippen molar-refractivity contribution in [3.8, 4) is 5.75 Å². The van der Waals surface area contributed by atoms with E-state index in [2.05, 4.69) is 17.6 Å². The van der Waals surface area contributed by atoms with Gasteiger partial charge < -0.3 is 15.4 Å². The molecule has 22 heavy (non-hydrogen) atoms. The van der Waals surface area contributed by atoms with E-state index in [1.165, 1.54) is 0 Å². The lowest BCUT2D eigenvalue weighted by atomic mass is 10.0. The van der Waals surface area contributed by atoms with Crippen LogP contribution < -0.4 is 15.4 Å². The monoisotopic (exact) mass is 334 g/mol. The van der Waals surface area contributed by atoms with E-state index in [0.29, 0.717) is 10.1 Å². The molecular formula is C17H19ClN2OS. The van der Waals surface area contributed by atoms with E-state index in [9.17, 15) is 0 Å². The van der Waals surface area contributed by atoms with Crippen molar-refractivity contribution in [2.24, 2.45) is 0 Å². The van der Waals surface area contributed by atoms with Crippen molar-refractivity contribution < 1.29 is 4.74 Å². The van der Waals surface area contributed by atoms with E-state index >= 15 is 0 Å². The molecule has 0 aliphatic carbocycles. The van der Waals surface area contributed by atoms with Gasteiger partial charge in [0, 0.05) is 0 Å². The van der Waals surface area contributed by atoms with Crippen LogP contribution in [0.4, 0.5) is 5.69 Å². The SMILES string of the molecule is CCC(NC(=S)Nc1ccccc1Cl)c1ccc(OC)cc1. The van der Waals surface area contributed by atoms with E-state index in [-0.39, 0.29) is 6.04 Å². The standard InChI is InChI=1S/C17H19ClN2OS/c1-3-15(12-8-10-13(21-2)11-9-12)19-17(22)20-16-7-5-4-6-14(16)18/h4-11,15H,3H2,1-2H3,(H2,19,20,22). The smallest absolute Gasteiger partial charge is 0.171 e. The molecule has 0 aromatic heterocycles. The quantitative estimate of drug-likeness (QED) is 0.770. The third-order valence-corrected chi connectivity index (χ3v) is 3.90. The Morgan fingerprint density at radius 1 is 1.18 bits per heavy atom. The van der Waals surface area contributed by atoms with Crippen molar-refractivity contribution in [2.45, 2.75) is 19.4 Å². The minimum absolute atomic E-state index is 0.133. The zero-order valence-electron chi connectivity index (χ0n) is 12.6. The number of ether oxygens (including phenoxy) is 1. The second kappa shape index (κ2) is 8.01. The summed E-state index contributed by atoms with van der Waals surface area (Å²) < 4.78 is 5.18. The van der Waals surface area contributed by atoms with Gasteiger partial charge in [0.1, 0.15) is 5.75 Å². The highest BCUT2D eigenvalue weighted by molar-refractivity contribution is 7.80. The van der Waals surface area contributed by atoms with Crippen LogP contribution in [0.2, 0.25) is 5.02 Å². The van der Waals surface area contributed by atoms with Gasteiger partial charge in [-0.2, -0.15) is 0 Å². The van der Waals surface area contributed by atoms with Gasteiger partial charge >= 0.3 is 0 Å². The zero-order chi connectivity index (χ0) is 15.9. The Bertz CT molecular complexity index is 631. The van der Waals surface area contributed by atoms with Crippen molar-refractivity contribution in [3.05, 3.63) is 59.1 Å². The third-order valence-electron chi connectivity index (χ3n) is 3.35. The summed E-state index contributed by atoms with van der Waals surface area (Å²) in [6.07, 6.45) is 0.913. The van der Waals surface area contributed by atoms with Crippen molar-refractivity contribution in [3.63, 3.8) is 0 Å². The molecule has 2 N–H and O–H groups in total. The fraction of sp³-hybridized carbons (Fsp3) is 0.235. The number of halogens is 1. The normalized spacial score (nSPS) is 11.6. The van der Waals surface area contributed by atoms with E-state index in [1.54, 1.807) is 7.11 Å². The van der Waals surface area contributed by atoms with Gasteiger partial charge in [0.15, 0.2) is 5.11 Å². The van der Waals surface area contributed by atoms with Crippen LogP contribution in [0.5, 0.6) is 5.75 Å². The van der Waals surface area contributed by atoms with Gasteiger partial charge in [0.2, 0.25) is 0 Å². The highest BCUT2D eigenvalue weighted by atomic mass is 35.5. The zero-order valence-corrected chi connectivity index (χ0v) is 14.2. The Morgan fingerprint density at radius 3 is 2.45 bits per heavy atom. The number of thiocarbonyl (C=S) groups is 1. The number of hydrogen-bond acceptors (Lipinski definition) is 2. The molecule has 116 valence electrons. The number of para-hydroxylation sites is 1. The fourth-order valence-electron chi connectivity index (χ4n) is 2.14. The van der Waals surface area contributed by atoms with Gasteiger partial charge in [-0.3, -0.25) is 0 Å². The minimum atomic E-state index is 0.133. The predicted molar refractivity (Wildman–Crippen MR) is 96.8 cm³/mol. The number of hydrogen-bond donors (Lipinski definition) is 2. The average Bonchev–Trinajstić information content (AvgIpc) is 2.55. The molecule has 1 unspecified atom stereocenters. The lowest BCUT2D eigenvalue weighted by molar-refractivity contribution is 0.414. The molecule has 0 aliphatic heterocycles. The number of anilines is 1. The van der Waals surface area contributed by atoms with Crippen LogP contribution in [-0.4, -0.2) is 12.2 Å². The lowest BCUT2D eigenvalue weighted by Crippen LogP contribution is -2.32. The molecule has 1 atom stereocenters. The molecule has 2 aromatic rings. The average molecular weight is 335 g/mol. The Labute approximate surface area is 141 Å². The molecular weight excluding hydrogens is 316 g/mol. The van der Waals surface area contributed by atoms with Gasteiger partial charge in [0.05, 0.1) is 23.9 Å². The van der Waals surface area contributed by atoms with Crippen LogP contribution in [0.3, 0.4) is 0 Å². The summed E-state index contributed by atoms with van der Waals surface area (Å²) in [7, 11) is 1.66. The molecule has 2 aromatic carbocycles. The first-order valence-corrected chi connectivity index (χ1v) is 7.88. The summed E-state index contributed by atoms with van der Waals surface area (Å²) in [5, 5.41) is 7.64. The molecule has 2 rings (SSSR count). The van der Waals surface area contributed by atoms with Gasteiger partial charge in [-0.25, -0.2) is 0 Å². The molecule has 0 fully saturated rings. The Morgan fingerprint density at radius 2 is 1.86 bits per heavy atom. The summed E-state index contributed by atoms with van der Waals surface area (Å²) in [5.74, 6) is 0.843. The third kappa shape index (κ3) is 4.36. The molecule has 0 spiro atoms. The second-order valence-electron chi connectivity index (χ2n) is 4.81. The van der Waals surface area contributed by atoms with Crippen LogP contribution in [0.1, 0.15) is 24.9 Å². The maximum Gasteiger partial charge on any atom is 0.171 e. The highest BCUT2D eigenvalue weighted by Crippen LogP contribution is 2.22. The number of nitrogens with one attached hydrogen (secondary N) is 2. The first kappa shape index (κ1) is 16.6. The van der Waals surface area contributed by atoms with Crippen molar-refractivity contribution >= 4 is 34.6 Å². The molecule has 0 saturated carbocycles. The predicted octanol–water partition coefficient (Wildman–Crippen LogP) is 4.79. The van der Waals surface area contributed by atoms with Crippen LogP contribution in [-0.2, 0) is 0 Å². The number of benzene rings is 2. The highest BCUT2D eigenvalue weighted by Gasteiger charge is 2.11. The first-order chi connectivity index (χ1) is 10.6. The molecule has 0 saturated heterocycles. The Balaban J connectivity index is 2.03. The molecule has 0 amide bonds. The van der Waals surface area contributed by atoms with Crippen molar-refractivity contribution in [1.29, 1.82) is 0 Å². The summed E-state index contributed by atoms with van der Waals surface area (Å²) in [4.78, 5) is 0. The lowest BCUT2D eigenvalue weighted by Gasteiger charge is -2.20. The summed E-state index contributed by atoms with van der Waals surface area (Å²) in [6, 6.07) is 15.6. The van der Waals surface area contributed by atoms with Crippen LogP contribution in [0, 0.1) is 0 Å². The maximum absolute atomic E-state index is 6.13. The number of rotatable bonds is 5. The second-order valence-corrected chi connectivity index (χ2v) is 5.63. The van der Waals surface area contributed by atoms with Crippen molar-refractivity contribution in [1.82, 2.24) is 5.32 Å². The molecule has 0 radical (unpaired) electrons. The number of methoxy groups -OCH3 is 1. The van der Waals surface area contributed by atoms with Gasteiger partial charge in [-0.05, 0) is 48.5 Å². The van der Waals surface area contributed by atoms with E-state index in [0.717, 1.165) is 23.4 Å². The van der Waals surface area contributed by atoms with Gasteiger partial charge in [-0.1, -0.05) is 42.8 Å². The molecule has 0 bridgehead atoms. The first-order valence-electron chi connectivity index (χ1n) is 7.10. The topological polar surface area (TPSA) is 33.3 Å². The van der Waals surface area contributed by atoms with E-state index in [4.69, 9.17) is 28.6 Å². The molecule has 0 heterocycles.